The number of aromatic amines is 1. The number of aromatic nitrogens is 7. The van der Waals surface area contributed by atoms with Crippen molar-refractivity contribution >= 4 is 23.2 Å². The average molecular weight is 251 g/mol. The van der Waals surface area contributed by atoms with Crippen LogP contribution in [0, 0.1) is 0 Å². The molecule has 0 fully saturated rings. The number of anilines is 1. The summed E-state index contributed by atoms with van der Waals surface area (Å²) < 4.78 is 1.60. The smallest absolute Gasteiger partial charge is 0.243 e. The molecule has 86 valence electrons. The van der Waals surface area contributed by atoms with Crippen LogP contribution in [-0.2, 0) is 6.54 Å². The molecule has 3 heterocycles. The molecule has 0 radical (unpaired) electrons. The second-order valence-electron chi connectivity index (χ2n) is 3.27. The van der Waals surface area contributed by atoms with E-state index in [2.05, 4.69) is 36.0 Å². The lowest BCUT2D eigenvalue weighted by Gasteiger charge is -1.94. The maximum Gasteiger partial charge on any atom is 0.243 e. The third kappa shape index (κ3) is 2.02. The highest BCUT2D eigenvalue weighted by Gasteiger charge is 2.04. The molecule has 0 atom stereocenters. The van der Waals surface area contributed by atoms with Gasteiger partial charge in [-0.2, -0.15) is 10.2 Å². The third-order valence-corrected chi connectivity index (χ3v) is 2.31. The SMILES string of the molecule is Clc1ccc2nc(NCc3nn[nH]n3)nn2c1. The van der Waals surface area contributed by atoms with Gasteiger partial charge in [0.2, 0.25) is 5.95 Å². The summed E-state index contributed by atoms with van der Waals surface area (Å²) in [4.78, 5) is 4.25. The minimum absolute atomic E-state index is 0.404. The Morgan fingerprint density at radius 2 is 2.35 bits per heavy atom. The van der Waals surface area contributed by atoms with Crippen molar-refractivity contribution in [1.82, 2.24) is 35.2 Å². The van der Waals surface area contributed by atoms with Gasteiger partial charge in [-0.25, -0.2) is 4.52 Å². The van der Waals surface area contributed by atoms with E-state index < -0.39 is 0 Å². The molecule has 0 aromatic carbocycles. The van der Waals surface area contributed by atoms with E-state index in [1.165, 1.54) is 0 Å². The Kier molecular flexibility index (Phi) is 2.33. The van der Waals surface area contributed by atoms with E-state index in [0.717, 1.165) is 0 Å². The summed E-state index contributed by atoms with van der Waals surface area (Å²) >= 11 is 5.84. The van der Waals surface area contributed by atoms with Crippen molar-refractivity contribution in [3.63, 3.8) is 0 Å². The van der Waals surface area contributed by atoms with Crippen LogP contribution in [0.15, 0.2) is 18.3 Å². The Balaban J connectivity index is 1.81. The van der Waals surface area contributed by atoms with E-state index in [1.54, 1.807) is 22.8 Å². The Morgan fingerprint density at radius 3 is 3.18 bits per heavy atom. The molecular formula is C8H7ClN8. The Labute approximate surface area is 100 Å². The monoisotopic (exact) mass is 250 g/mol. The van der Waals surface area contributed by atoms with Gasteiger partial charge >= 0.3 is 0 Å². The van der Waals surface area contributed by atoms with E-state index in [-0.39, 0.29) is 0 Å². The van der Waals surface area contributed by atoms with Crippen LogP contribution >= 0.6 is 11.6 Å². The first kappa shape index (κ1) is 9.97. The maximum atomic E-state index is 5.84. The first-order chi connectivity index (χ1) is 8.31. The Hall–Kier alpha value is -2.22. The first-order valence-electron chi connectivity index (χ1n) is 4.79. The molecule has 3 aromatic rings. The molecular weight excluding hydrogens is 244 g/mol. The van der Waals surface area contributed by atoms with E-state index >= 15 is 0 Å². The lowest BCUT2D eigenvalue weighted by Crippen LogP contribution is -2.03. The highest BCUT2D eigenvalue weighted by molar-refractivity contribution is 6.30. The van der Waals surface area contributed by atoms with Crippen molar-refractivity contribution in [1.29, 1.82) is 0 Å². The summed E-state index contributed by atoms with van der Waals surface area (Å²) in [6, 6.07) is 3.55. The molecule has 0 bridgehead atoms. The van der Waals surface area contributed by atoms with Crippen LogP contribution in [0.1, 0.15) is 5.82 Å². The number of rotatable bonds is 3. The molecule has 9 heteroatoms. The summed E-state index contributed by atoms with van der Waals surface area (Å²) in [6.07, 6.45) is 1.68. The zero-order valence-electron chi connectivity index (χ0n) is 8.50. The quantitative estimate of drug-likeness (QED) is 0.703. The highest BCUT2D eigenvalue weighted by atomic mass is 35.5. The fraction of sp³-hybridized carbons (Fsp3) is 0.125. The van der Waals surface area contributed by atoms with Crippen molar-refractivity contribution in [3.8, 4) is 0 Å². The zero-order chi connectivity index (χ0) is 11.7. The number of hydrogen-bond donors (Lipinski definition) is 2. The minimum atomic E-state index is 0.404. The van der Waals surface area contributed by atoms with Crippen molar-refractivity contribution in [2.45, 2.75) is 6.54 Å². The molecule has 0 amide bonds. The zero-order valence-corrected chi connectivity index (χ0v) is 9.26. The highest BCUT2D eigenvalue weighted by Crippen LogP contribution is 2.11. The molecule has 3 aromatic heterocycles. The second-order valence-corrected chi connectivity index (χ2v) is 3.70. The molecule has 0 aliphatic rings. The topological polar surface area (TPSA) is 96.7 Å². The van der Waals surface area contributed by atoms with E-state index in [4.69, 9.17) is 11.6 Å². The van der Waals surface area contributed by atoms with Gasteiger partial charge in [0.05, 0.1) is 11.6 Å². The number of H-pyrrole nitrogens is 1. The number of tetrazole rings is 1. The van der Waals surface area contributed by atoms with Gasteiger partial charge in [0.1, 0.15) is 0 Å². The lowest BCUT2D eigenvalue weighted by atomic mass is 10.5. The van der Waals surface area contributed by atoms with Crippen LogP contribution in [0.4, 0.5) is 5.95 Å². The molecule has 2 N–H and O–H groups in total. The third-order valence-electron chi connectivity index (χ3n) is 2.09. The van der Waals surface area contributed by atoms with Crippen LogP contribution in [-0.4, -0.2) is 35.2 Å². The summed E-state index contributed by atoms with van der Waals surface area (Å²) in [5, 5.41) is 21.2. The Morgan fingerprint density at radius 1 is 1.41 bits per heavy atom. The van der Waals surface area contributed by atoms with Crippen LogP contribution in [0.25, 0.3) is 5.65 Å². The fourth-order valence-corrected chi connectivity index (χ4v) is 1.50. The van der Waals surface area contributed by atoms with Gasteiger partial charge in [-0.1, -0.05) is 16.8 Å². The predicted molar refractivity (Wildman–Crippen MR) is 59.5 cm³/mol. The van der Waals surface area contributed by atoms with Crippen LogP contribution < -0.4 is 5.32 Å². The normalized spacial score (nSPS) is 10.9. The van der Waals surface area contributed by atoms with Gasteiger partial charge in [0, 0.05) is 6.20 Å². The van der Waals surface area contributed by atoms with E-state index in [0.29, 0.717) is 29.0 Å². The molecule has 0 aliphatic heterocycles. The number of halogens is 1. The number of nitrogens with zero attached hydrogens (tertiary/aromatic N) is 6. The molecule has 0 unspecified atom stereocenters. The summed E-state index contributed by atoms with van der Waals surface area (Å²) in [5.41, 5.74) is 0.713. The largest absolute Gasteiger partial charge is 0.345 e. The van der Waals surface area contributed by atoms with Crippen LogP contribution in [0.2, 0.25) is 5.02 Å². The molecule has 0 saturated heterocycles. The molecule has 8 nitrogen and oxygen atoms in total. The summed E-state index contributed by atoms with van der Waals surface area (Å²) in [7, 11) is 0. The van der Waals surface area contributed by atoms with E-state index in [1.807, 2.05) is 0 Å². The van der Waals surface area contributed by atoms with Crippen LogP contribution in [0.5, 0.6) is 0 Å². The average Bonchev–Trinajstić information content (AvgIpc) is 2.94. The van der Waals surface area contributed by atoms with Gasteiger partial charge in [0.15, 0.2) is 11.5 Å². The van der Waals surface area contributed by atoms with Gasteiger partial charge in [0.25, 0.3) is 0 Å². The van der Waals surface area contributed by atoms with Crippen molar-refractivity contribution in [2.24, 2.45) is 0 Å². The minimum Gasteiger partial charge on any atom is -0.345 e. The Bertz CT molecular complexity index is 630. The molecule has 0 aliphatic carbocycles. The number of nitrogens with one attached hydrogen (secondary N) is 2. The first-order valence-corrected chi connectivity index (χ1v) is 5.17. The number of pyridine rings is 1. The molecule has 17 heavy (non-hydrogen) atoms. The molecule has 3 rings (SSSR count). The second kappa shape index (κ2) is 3.98. The van der Waals surface area contributed by atoms with Crippen LogP contribution in [0.3, 0.4) is 0 Å². The maximum absolute atomic E-state index is 5.84. The molecule has 0 saturated carbocycles. The van der Waals surface area contributed by atoms with Crippen molar-refractivity contribution < 1.29 is 0 Å². The predicted octanol–water partition coefficient (Wildman–Crippen LogP) is 0.508. The molecule has 0 spiro atoms. The summed E-state index contributed by atoms with van der Waals surface area (Å²) in [6.45, 7) is 0.404. The van der Waals surface area contributed by atoms with Gasteiger partial charge in [-0.05, 0) is 12.1 Å². The van der Waals surface area contributed by atoms with Gasteiger partial charge in [-0.15, -0.1) is 15.3 Å². The lowest BCUT2D eigenvalue weighted by molar-refractivity contribution is 0.881. The van der Waals surface area contributed by atoms with Crippen molar-refractivity contribution in [3.05, 3.63) is 29.2 Å². The number of fused-ring (bicyclic) bond motifs is 1. The number of hydrogen-bond acceptors (Lipinski definition) is 6. The van der Waals surface area contributed by atoms with Gasteiger partial charge in [-0.3, -0.25) is 0 Å². The fourth-order valence-electron chi connectivity index (χ4n) is 1.35. The van der Waals surface area contributed by atoms with Gasteiger partial charge < -0.3 is 5.32 Å². The summed E-state index contributed by atoms with van der Waals surface area (Å²) in [5.74, 6) is 1.03. The van der Waals surface area contributed by atoms with Crippen molar-refractivity contribution in [2.75, 3.05) is 5.32 Å². The standard InChI is InChI=1S/C8H7ClN8/c9-5-1-2-7-11-8(14-17(7)4-5)10-3-6-12-15-16-13-6/h1-2,4H,3H2,(H,10,14)(H,12,13,15,16). The van der Waals surface area contributed by atoms with E-state index in [9.17, 15) is 0 Å².